The van der Waals surface area contributed by atoms with Crippen molar-refractivity contribution in [3.8, 4) is 11.1 Å². The predicted octanol–water partition coefficient (Wildman–Crippen LogP) is 3.47. The highest BCUT2D eigenvalue weighted by Gasteiger charge is 2.29. The minimum absolute atomic E-state index is 0.143. The minimum Gasteiger partial charge on any atom is -0.361 e. The number of carbonyl (C=O) groups is 1. The van der Waals surface area contributed by atoms with E-state index in [0.717, 1.165) is 12.0 Å². The van der Waals surface area contributed by atoms with Crippen LogP contribution in [0.25, 0.3) is 16.0 Å². The van der Waals surface area contributed by atoms with Gasteiger partial charge in [0.1, 0.15) is 12.0 Å². The van der Waals surface area contributed by atoms with Crippen molar-refractivity contribution >= 4 is 21.7 Å². The Morgan fingerprint density at radius 2 is 1.97 bits per heavy atom. The predicted molar refractivity (Wildman–Crippen MR) is 137 cm³/mol. The van der Waals surface area contributed by atoms with Gasteiger partial charge in [-0.1, -0.05) is 6.57 Å². The molecule has 194 valence electrons. The molecule has 0 aliphatic heterocycles. The van der Waals surface area contributed by atoms with Crippen LogP contribution in [0, 0.1) is 12.4 Å². The number of hydrogen-bond donors (Lipinski definition) is 1. The van der Waals surface area contributed by atoms with Crippen molar-refractivity contribution in [2.45, 2.75) is 50.1 Å². The molecule has 0 bridgehead atoms. The molecule has 11 heteroatoms. The number of pyridine rings is 1. The Hall–Kier alpha value is -3.62. The Morgan fingerprint density at radius 1 is 1.24 bits per heavy atom. The van der Waals surface area contributed by atoms with E-state index in [4.69, 9.17) is 6.57 Å². The topological polar surface area (TPSA) is 102 Å². The summed E-state index contributed by atoms with van der Waals surface area (Å²) in [5, 5.41) is 3.97. The van der Waals surface area contributed by atoms with Crippen molar-refractivity contribution in [2.75, 3.05) is 20.6 Å². The number of amides is 1. The fourth-order valence-corrected chi connectivity index (χ4v) is 5.86. The number of carbonyl (C=O) groups excluding carboxylic acids is 1. The summed E-state index contributed by atoms with van der Waals surface area (Å²) in [6, 6.07) is 5.89. The lowest BCUT2D eigenvalue weighted by Gasteiger charge is -2.28. The highest BCUT2D eigenvalue weighted by Crippen LogP contribution is 2.36. The zero-order valence-corrected chi connectivity index (χ0v) is 22.1. The van der Waals surface area contributed by atoms with E-state index in [-0.39, 0.29) is 23.1 Å². The Labute approximate surface area is 216 Å². The lowest BCUT2D eigenvalue weighted by atomic mass is 9.91. The quantitative estimate of drug-likeness (QED) is 0.453. The second kappa shape index (κ2) is 10.0. The van der Waals surface area contributed by atoms with E-state index in [1.54, 1.807) is 16.9 Å². The molecule has 0 spiro atoms. The second-order valence-corrected chi connectivity index (χ2v) is 11.7. The van der Waals surface area contributed by atoms with Gasteiger partial charge in [-0.25, -0.2) is 9.11 Å². The lowest BCUT2D eigenvalue weighted by molar-refractivity contribution is -0.118. The number of nitrogens with zero attached hydrogens (tertiary/aromatic N) is 5. The van der Waals surface area contributed by atoms with Crippen LogP contribution in [0.15, 0.2) is 41.7 Å². The van der Waals surface area contributed by atoms with Crippen molar-refractivity contribution < 1.29 is 17.6 Å². The average Bonchev–Trinajstić information content (AvgIpc) is 3.51. The Bertz CT molecular complexity index is 1500. The van der Waals surface area contributed by atoms with Crippen molar-refractivity contribution in [3.05, 3.63) is 70.6 Å². The molecule has 0 fully saturated rings. The number of nitrogens with one attached hydrogen (secondary N) is 1. The van der Waals surface area contributed by atoms with Crippen LogP contribution in [0.5, 0.6) is 0 Å². The van der Waals surface area contributed by atoms with Gasteiger partial charge < -0.3 is 9.74 Å². The number of benzene rings is 1. The van der Waals surface area contributed by atoms with Crippen LogP contribution in [0.3, 0.4) is 0 Å². The first-order valence-electron chi connectivity index (χ1n) is 11.8. The average molecular weight is 525 g/mol. The molecule has 3 aromatic rings. The van der Waals surface area contributed by atoms with E-state index in [0.29, 0.717) is 41.6 Å². The molecule has 0 unspecified atom stereocenters. The van der Waals surface area contributed by atoms with Gasteiger partial charge in [0.05, 0.1) is 12.0 Å². The van der Waals surface area contributed by atoms with E-state index < -0.39 is 21.5 Å². The molecule has 37 heavy (non-hydrogen) atoms. The molecule has 2 aromatic heterocycles. The SMILES string of the molecule is [C-]#[N+]c1cc(-c2cc(F)c3c(c2CC(=O)NS(=O)(=O)c2ccn(C(C)(C)CN(C)C)n2)CCC3)ccn1. The number of aromatic nitrogens is 3. The Kier molecular flexibility index (Phi) is 7.17. The summed E-state index contributed by atoms with van der Waals surface area (Å²) < 4.78 is 44.6. The van der Waals surface area contributed by atoms with Crippen LogP contribution in [0.4, 0.5) is 10.2 Å². The highest BCUT2D eigenvalue weighted by molar-refractivity contribution is 7.90. The smallest absolute Gasteiger partial charge is 0.283 e. The van der Waals surface area contributed by atoms with E-state index >= 15 is 0 Å². The number of fused-ring (bicyclic) bond motifs is 1. The van der Waals surface area contributed by atoms with Crippen LogP contribution in [0.1, 0.15) is 37.0 Å². The normalized spacial score (nSPS) is 13.4. The van der Waals surface area contributed by atoms with Gasteiger partial charge in [-0.2, -0.15) is 13.5 Å². The Balaban J connectivity index is 1.63. The molecule has 9 nitrogen and oxygen atoms in total. The summed E-state index contributed by atoms with van der Waals surface area (Å²) in [7, 11) is -0.397. The zero-order valence-electron chi connectivity index (χ0n) is 21.2. The maximum Gasteiger partial charge on any atom is 0.283 e. The van der Waals surface area contributed by atoms with Crippen LogP contribution in [-0.4, -0.2) is 54.6 Å². The van der Waals surface area contributed by atoms with E-state index in [2.05, 4.69) is 19.6 Å². The number of rotatable bonds is 8. The number of likely N-dealkylation sites (N-methyl/N-ethyl adjacent to an activating group) is 1. The van der Waals surface area contributed by atoms with Crippen molar-refractivity contribution in [1.29, 1.82) is 0 Å². The van der Waals surface area contributed by atoms with E-state index in [1.165, 1.54) is 24.4 Å². The van der Waals surface area contributed by atoms with Gasteiger partial charge in [0.2, 0.25) is 5.91 Å². The molecular weight excluding hydrogens is 495 g/mol. The minimum atomic E-state index is -4.23. The van der Waals surface area contributed by atoms with Crippen molar-refractivity contribution in [3.63, 3.8) is 0 Å². The fourth-order valence-electron chi connectivity index (χ4n) is 4.94. The maximum absolute atomic E-state index is 14.9. The summed E-state index contributed by atoms with van der Waals surface area (Å²) >= 11 is 0. The number of halogens is 1. The molecule has 4 rings (SSSR count). The molecule has 0 atom stereocenters. The zero-order chi connectivity index (χ0) is 27.0. The summed E-state index contributed by atoms with van der Waals surface area (Å²) in [4.78, 5) is 22.3. The lowest BCUT2D eigenvalue weighted by Crippen LogP contribution is -2.38. The third kappa shape index (κ3) is 5.55. The molecule has 1 aliphatic carbocycles. The number of hydrogen-bond acceptors (Lipinski definition) is 6. The van der Waals surface area contributed by atoms with Gasteiger partial charge >= 0.3 is 0 Å². The van der Waals surface area contributed by atoms with Gasteiger partial charge in [-0.3, -0.25) is 9.48 Å². The van der Waals surface area contributed by atoms with Gasteiger partial charge in [0, 0.05) is 12.7 Å². The molecule has 1 aromatic carbocycles. The monoisotopic (exact) mass is 524 g/mol. The first-order chi connectivity index (χ1) is 17.4. The molecule has 2 heterocycles. The molecular formula is C26H29FN6O3S. The molecule has 1 aliphatic rings. The third-order valence-corrected chi connectivity index (χ3v) is 7.65. The van der Waals surface area contributed by atoms with Crippen LogP contribution in [0.2, 0.25) is 0 Å². The van der Waals surface area contributed by atoms with E-state index in [9.17, 15) is 17.6 Å². The molecule has 0 radical (unpaired) electrons. The second-order valence-electron chi connectivity index (χ2n) is 10.1. The summed E-state index contributed by atoms with van der Waals surface area (Å²) in [5.41, 5.74) is 2.35. The van der Waals surface area contributed by atoms with Gasteiger partial charge in [0.25, 0.3) is 15.8 Å². The van der Waals surface area contributed by atoms with E-state index in [1.807, 2.05) is 32.8 Å². The van der Waals surface area contributed by atoms with Gasteiger partial charge in [-0.15, -0.1) is 4.98 Å². The van der Waals surface area contributed by atoms with Crippen molar-refractivity contribution in [2.24, 2.45) is 0 Å². The highest BCUT2D eigenvalue weighted by atomic mass is 32.2. The van der Waals surface area contributed by atoms with Crippen LogP contribution >= 0.6 is 0 Å². The van der Waals surface area contributed by atoms with Gasteiger partial charge in [0.15, 0.2) is 5.03 Å². The van der Waals surface area contributed by atoms with Crippen LogP contribution in [-0.2, 0) is 39.6 Å². The third-order valence-electron chi connectivity index (χ3n) is 6.39. The molecule has 0 saturated heterocycles. The Morgan fingerprint density at radius 3 is 2.68 bits per heavy atom. The summed E-state index contributed by atoms with van der Waals surface area (Å²) in [6.07, 6.45) is 4.65. The maximum atomic E-state index is 14.9. The van der Waals surface area contributed by atoms with Gasteiger partial charge in [-0.05, 0) is 99.3 Å². The summed E-state index contributed by atoms with van der Waals surface area (Å²) in [5.74, 6) is -0.973. The standard InChI is InChI=1S/C26H29FN6O3S/c1-26(2,16-32(4)5)33-12-10-25(30-33)37(35,36)31-24(34)15-21-18-7-6-8-19(18)22(27)14-20(21)17-9-11-29-23(13-17)28-3/h9-14H,6-8,15-16H2,1-2,4-5H3,(H,31,34). The molecule has 1 N–H and O–H groups in total. The molecule has 0 saturated carbocycles. The first-order valence-corrected chi connectivity index (χ1v) is 13.3. The summed E-state index contributed by atoms with van der Waals surface area (Å²) in [6.45, 7) is 11.7. The number of sulfonamides is 1. The van der Waals surface area contributed by atoms with Crippen LogP contribution < -0.4 is 4.72 Å². The largest absolute Gasteiger partial charge is 0.361 e. The fraction of sp³-hybridized carbons (Fsp3) is 0.385. The van der Waals surface area contributed by atoms with Crippen molar-refractivity contribution in [1.82, 2.24) is 24.4 Å². The first kappa shape index (κ1) is 26.4. The molecule has 1 amide bonds.